The molecule has 1 aliphatic heterocycles. The third kappa shape index (κ3) is 6.64. The Bertz CT molecular complexity index is 1600. The number of hydrogen-bond donors (Lipinski definition) is 1. The number of halogens is 1. The molecule has 0 radical (unpaired) electrons. The Hall–Kier alpha value is -5.00. The fourth-order valence-electron chi connectivity index (χ4n) is 5.58. The molecule has 0 unspecified atom stereocenters. The van der Waals surface area contributed by atoms with Crippen LogP contribution in [0.2, 0.25) is 0 Å². The number of ether oxygens (including phenoxy) is 3. The van der Waals surface area contributed by atoms with Gasteiger partial charge in [-0.3, -0.25) is 9.59 Å². The van der Waals surface area contributed by atoms with Crippen LogP contribution in [0, 0.1) is 5.82 Å². The first-order valence-corrected chi connectivity index (χ1v) is 14.6. The van der Waals surface area contributed by atoms with Crippen molar-refractivity contribution in [2.45, 2.75) is 57.3 Å². The third-order valence-electron chi connectivity index (χ3n) is 7.89. The molecule has 2 aliphatic rings. The number of fused-ring (bicyclic) bond motifs is 1. The number of methoxy groups -OCH3 is 1. The van der Waals surface area contributed by atoms with E-state index >= 15 is 0 Å². The maximum Gasteiger partial charge on any atom is 0.247 e. The molecule has 11 nitrogen and oxygen atoms in total. The zero-order valence-corrected chi connectivity index (χ0v) is 24.3. The molecule has 1 aromatic heterocycles. The van der Waals surface area contributed by atoms with Crippen molar-refractivity contribution in [3.8, 4) is 28.6 Å². The average Bonchev–Trinajstić information content (AvgIpc) is 3.72. The number of hydrogen-bond acceptors (Lipinski definition) is 8. The van der Waals surface area contributed by atoms with Crippen molar-refractivity contribution in [3.63, 3.8) is 0 Å². The summed E-state index contributed by atoms with van der Waals surface area (Å²) >= 11 is 0. The minimum atomic E-state index is -1.04. The van der Waals surface area contributed by atoms with E-state index in [1.165, 1.54) is 34.0 Å². The van der Waals surface area contributed by atoms with Crippen LogP contribution in [-0.4, -0.2) is 56.9 Å². The molecule has 228 valence electrons. The number of nitrogens with zero attached hydrogens (tertiary/aromatic N) is 5. The lowest BCUT2D eigenvalue weighted by Gasteiger charge is -2.33. The molecular formula is C32H33FN6O5. The van der Waals surface area contributed by atoms with E-state index in [4.69, 9.17) is 14.2 Å². The zero-order chi connectivity index (χ0) is 30.5. The van der Waals surface area contributed by atoms with Crippen LogP contribution in [0.4, 0.5) is 4.39 Å². The molecule has 3 aromatic carbocycles. The Kier molecular flexibility index (Phi) is 8.67. The van der Waals surface area contributed by atoms with Gasteiger partial charge in [-0.2, -0.15) is 4.80 Å². The van der Waals surface area contributed by atoms with Gasteiger partial charge in [-0.25, -0.2) is 4.39 Å². The molecule has 2 amide bonds. The highest BCUT2D eigenvalue weighted by Gasteiger charge is 2.34. The van der Waals surface area contributed by atoms with Crippen LogP contribution >= 0.6 is 0 Å². The molecule has 44 heavy (non-hydrogen) atoms. The topological polar surface area (TPSA) is 121 Å². The van der Waals surface area contributed by atoms with Crippen LogP contribution in [0.5, 0.6) is 17.2 Å². The first kappa shape index (κ1) is 29.1. The quantitative estimate of drug-likeness (QED) is 0.284. The minimum Gasteiger partial charge on any atom is -0.497 e. The lowest BCUT2D eigenvalue weighted by molar-refractivity contribution is -0.142. The number of carbonyl (C=O) groups excluding carboxylic acids is 2. The van der Waals surface area contributed by atoms with Gasteiger partial charge in [0.25, 0.3) is 0 Å². The Labute approximate surface area is 253 Å². The highest BCUT2D eigenvalue weighted by Crippen LogP contribution is 2.34. The molecule has 1 saturated carbocycles. The van der Waals surface area contributed by atoms with Crippen molar-refractivity contribution in [3.05, 3.63) is 83.7 Å². The lowest BCUT2D eigenvalue weighted by Crippen LogP contribution is -2.47. The summed E-state index contributed by atoms with van der Waals surface area (Å²) in [6, 6.07) is 17.2. The lowest BCUT2D eigenvalue weighted by atomic mass is 9.94. The van der Waals surface area contributed by atoms with E-state index in [0.717, 1.165) is 37.7 Å². The third-order valence-corrected chi connectivity index (χ3v) is 7.89. The molecule has 2 heterocycles. The number of aromatic nitrogens is 4. The average molecular weight is 601 g/mol. The van der Waals surface area contributed by atoms with Crippen LogP contribution in [-0.2, 0) is 22.7 Å². The fraction of sp³-hybridized carbons (Fsp3) is 0.344. The van der Waals surface area contributed by atoms with Crippen molar-refractivity contribution in [2.24, 2.45) is 0 Å². The second-order valence-electron chi connectivity index (χ2n) is 10.9. The SMILES string of the molecule is COc1ccc(-c2nnn(CC(=O)N(Cc3ccc4c(c3)OCO4)[C@H](C(=O)NC3CCCCC3)c3ccc(F)cc3)n2)cc1. The van der Waals surface area contributed by atoms with Gasteiger partial charge in [0, 0.05) is 18.2 Å². The van der Waals surface area contributed by atoms with Gasteiger partial charge in [-0.15, -0.1) is 10.2 Å². The van der Waals surface area contributed by atoms with E-state index in [-0.39, 0.29) is 31.8 Å². The Morgan fingerprint density at radius 2 is 1.77 bits per heavy atom. The van der Waals surface area contributed by atoms with Crippen molar-refractivity contribution in [1.29, 1.82) is 0 Å². The normalized spacial score (nSPS) is 15.0. The molecule has 1 fully saturated rings. The Balaban J connectivity index is 1.32. The number of benzene rings is 3. The second kappa shape index (κ2) is 13.1. The predicted octanol–water partition coefficient (Wildman–Crippen LogP) is 4.44. The molecule has 0 saturated heterocycles. The fourth-order valence-corrected chi connectivity index (χ4v) is 5.58. The Morgan fingerprint density at radius 1 is 1.02 bits per heavy atom. The van der Waals surface area contributed by atoms with Crippen molar-refractivity contribution in [2.75, 3.05) is 13.9 Å². The first-order chi connectivity index (χ1) is 21.5. The molecule has 12 heteroatoms. The number of amides is 2. The van der Waals surface area contributed by atoms with Gasteiger partial charge in [-0.05, 0) is 77.7 Å². The first-order valence-electron chi connectivity index (χ1n) is 14.6. The van der Waals surface area contributed by atoms with Crippen molar-refractivity contribution in [1.82, 2.24) is 30.4 Å². The molecule has 1 atom stereocenters. The number of carbonyl (C=O) groups is 2. The summed E-state index contributed by atoms with van der Waals surface area (Å²) in [7, 11) is 1.58. The van der Waals surface area contributed by atoms with Gasteiger partial charge in [0.1, 0.15) is 24.2 Å². The monoisotopic (exact) mass is 600 g/mol. The summed E-state index contributed by atoms with van der Waals surface area (Å²) in [6.45, 7) is -0.102. The van der Waals surface area contributed by atoms with Gasteiger partial charge >= 0.3 is 0 Å². The van der Waals surface area contributed by atoms with E-state index in [1.54, 1.807) is 43.5 Å². The number of nitrogens with one attached hydrogen (secondary N) is 1. The summed E-state index contributed by atoms with van der Waals surface area (Å²) in [4.78, 5) is 30.8. The maximum atomic E-state index is 14.1. The molecule has 0 spiro atoms. The van der Waals surface area contributed by atoms with Crippen molar-refractivity contribution >= 4 is 11.8 Å². The summed E-state index contributed by atoms with van der Waals surface area (Å²) in [5, 5.41) is 15.8. The van der Waals surface area contributed by atoms with Crippen LogP contribution in [0.15, 0.2) is 66.7 Å². The van der Waals surface area contributed by atoms with Crippen LogP contribution < -0.4 is 19.5 Å². The Morgan fingerprint density at radius 3 is 2.52 bits per heavy atom. The summed E-state index contributed by atoms with van der Waals surface area (Å²) in [5.41, 5.74) is 1.92. The highest BCUT2D eigenvalue weighted by molar-refractivity contribution is 5.89. The maximum absolute atomic E-state index is 14.1. The van der Waals surface area contributed by atoms with Gasteiger partial charge < -0.3 is 24.4 Å². The summed E-state index contributed by atoms with van der Waals surface area (Å²) < 4.78 is 30.2. The smallest absolute Gasteiger partial charge is 0.247 e. The van der Waals surface area contributed by atoms with Crippen LogP contribution in [0.3, 0.4) is 0 Å². The number of rotatable bonds is 10. The second-order valence-corrected chi connectivity index (χ2v) is 10.9. The summed E-state index contributed by atoms with van der Waals surface area (Å²) in [6.07, 6.45) is 4.93. The van der Waals surface area contributed by atoms with Crippen LogP contribution in [0.25, 0.3) is 11.4 Å². The van der Waals surface area contributed by atoms with E-state index in [1.807, 2.05) is 6.07 Å². The largest absolute Gasteiger partial charge is 0.497 e. The molecule has 4 aromatic rings. The predicted molar refractivity (Wildman–Crippen MR) is 157 cm³/mol. The van der Waals surface area contributed by atoms with E-state index in [2.05, 4.69) is 20.7 Å². The summed E-state index contributed by atoms with van der Waals surface area (Å²) in [5.74, 6) is 1.00. The minimum absolute atomic E-state index is 0.00531. The van der Waals surface area contributed by atoms with Gasteiger partial charge in [0.05, 0.1) is 7.11 Å². The van der Waals surface area contributed by atoms with Crippen molar-refractivity contribution < 1.29 is 28.2 Å². The van der Waals surface area contributed by atoms with Gasteiger partial charge in [0.15, 0.2) is 11.5 Å². The van der Waals surface area contributed by atoms with E-state index in [0.29, 0.717) is 34.2 Å². The van der Waals surface area contributed by atoms with Gasteiger partial charge in [0.2, 0.25) is 24.4 Å². The molecule has 1 N–H and O–H groups in total. The highest BCUT2D eigenvalue weighted by atomic mass is 19.1. The molecule has 0 bridgehead atoms. The molecular weight excluding hydrogens is 567 g/mol. The van der Waals surface area contributed by atoms with Gasteiger partial charge in [-0.1, -0.05) is 37.5 Å². The standard InChI is InChI=1S/C32H33FN6O5/c1-42-26-14-10-23(11-15-26)31-35-37-39(36-31)19-29(40)38(18-21-7-16-27-28(17-21)44-20-43-27)30(22-8-12-24(33)13-9-22)32(41)34-25-5-3-2-4-6-25/h7-17,25,30H,2-6,18-20H2,1H3,(H,34,41)/t30-/m0/s1. The zero-order valence-electron chi connectivity index (χ0n) is 24.3. The number of tetrazole rings is 1. The molecule has 1 aliphatic carbocycles. The van der Waals surface area contributed by atoms with E-state index in [9.17, 15) is 14.0 Å². The molecule has 6 rings (SSSR count). The van der Waals surface area contributed by atoms with Crippen LogP contribution in [0.1, 0.15) is 49.3 Å². The van der Waals surface area contributed by atoms with E-state index < -0.39 is 17.8 Å².